The number of halogens is 1. The predicted molar refractivity (Wildman–Crippen MR) is 108 cm³/mol. The van der Waals surface area contributed by atoms with Crippen molar-refractivity contribution in [3.05, 3.63) is 59.4 Å². The number of nitrogens with zero attached hydrogens (tertiary/aromatic N) is 2. The van der Waals surface area contributed by atoms with Gasteiger partial charge in [-0.25, -0.2) is 14.3 Å². The minimum Gasteiger partial charge on any atom is -0.463 e. The molecule has 0 saturated carbocycles. The minimum atomic E-state index is -1.21. The molecule has 3 aromatic rings. The predicted octanol–water partition coefficient (Wildman–Crippen LogP) is 3.18. The van der Waals surface area contributed by atoms with Crippen molar-refractivity contribution in [2.75, 3.05) is 6.54 Å². The maximum Gasteiger partial charge on any atom is 0.359 e. The summed E-state index contributed by atoms with van der Waals surface area (Å²) in [4.78, 5) is 36.0. The average molecular weight is 431 g/mol. The maximum atomic E-state index is 12.6. The van der Waals surface area contributed by atoms with Gasteiger partial charge in [0.25, 0.3) is 5.91 Å². The van der Waals surface area contributed by atoms with Crippen LogP contribution in [0.1, 0.15) is 24.3 Å². The molecule has 0 aliphatic rings. The van der Waals surface area contributed by atoms with E-state index < -0.39 is 24.0 Å². The fourth-order valence-electron chi connectivity index (χ4n) is 2.58. The second-order valence-corrected chi connectivity index (χ2v) is 6.62. The monoisotopic (exact) mass is 430 g/mol. The molecule has 2 N–H and O–H groups in total. The number of hydrogen-bond donors (Lipinski definition) is 2. The Balaban J connectivity index is 1.84. The fraction of sp³-hybridized carbons (Fsp3) is 0.200. The van der Waals surface area contributed by atoms with E-state index in [9.17, 15) is 14.4 Å². The Kier molecular flexibility index (Phi) is 6.53. The summed E-state index contributed by atoms with van der Waals surface area (Å²) in [6.07, 6.45) is 0.291. The summed E-state index contributed by atoms with van der Waals surface area (Å²) in [6, 6.07) is 11.1. The molecule has 0 aliphatic heterocycles. The molecule has 156 valence electrons. The summed E-state index contributed by atoms with van der Waals surface area (Å²) in [5.41, 5.74) is 1.06. The van der Waals surface area contributed by atoms with Crippen molar-refractivity contribution in [1.82, 2.24) is 20.4 Å². The first-order valence-electron chi connectivity index (χ1n) is 9.08. The number of carbonyl (C=O) groups excluding carboxylic acids is 3. The van der Waals surface area contributed by atoms with Gasteiger partial charge in [0.05, 0.1) is 12.0 Å². The number of esters is 1. The number of imide groups is 1. The van der Waals surface area contributed by atoms with Gasteiger partial charge in [-0.2, -0.15) is 5.10 Å². The van der Waals surface area contributed by atoms with Crippen molar-refractivity contribution in [3.8, 4) is 17.1 Å². The molecule has 0 fully saturated rings. The minimum absolute atomic E-state index is 0.0426. The third-order valence-corrected chi connectivity index (χ3v) is 4.21. The van der Waals surface area contributed by atoms with Crippen LogP contribution in [0, 0.1) is 0 Å². The smallest absolute Gasteiger partial charge is 0.359 e. The molecule has 0 aliphatic carbocycles. The van der Waals surface area contributed by atoms with Crippen LogP contribution in [0.2, 0.25) is 5.02 Å². The summed E-state index contributed by atoms with van der Waals surface area (Å²) in [5, 5.41) is 9.29. The number of nitrogens with one attached hydrogen (secondary N) is 2. The molecular weight excluding hydrogens is 412 g/mol. The molecule has 9 nitrogen and oxygen atoms in total. The SMILES string of the molecule is CCNC(=O)NC(=O)C(C)OC(=O)c1cc(-c2ccco2)n(-c2cccc(Cl)c2)n1. The van der Waals surface area contributed by atoms with Crippen molar-refractivity contribution in [2.45, 2.75) is 20.0 Å². The standard InChI is InChI=1S/C20H19ClN4O5/c1-3-22-20(28)23-18(26)12(2)30-19(27)15-11-16(17-8-5-9-29-17)25(24-15)14-7-4-6-13(21)10-14/h4-12H,3H2,1-2H3,(H2,22,23,26,28). The van der Waals surface area contributed by atoms with Gasteiger partial charge >= 0.3 is 12.0 Å². The van der Waals surface area contributed by atoms with E-state index in [-0.39, 0.29) is 5.69 Å². The molecule has 3 rings (SSSR count). The highest BCUT2D eigenvalue weighted by Gasteiger charge is 2.24. The number of rotatable bonds is 6. The van der Waals surface area contributed by atoms with Crippen molar-refractivity contribution in [3.63, 3.8) is 0 Å². The van der Waals surface area contributed by atoms with Crippen molar-refractivity contribution in [1.29, 1.82) is 0 Å². The molecule has 0 saturated heterocycles. The van der Waals surface area contributed by atoms with Crippen molar-refractivity contribution < 1.29 is 23.5 Å². The van der Waals surface area contributed by atoms with Crippen LogP contribution in [-0.2, 0) is 9.53 Å². The van der Waals surface area contributed by atoms with E-state index in [1.807, 2.05) is 0 Å². The second-order valence-electron chi connectivity index (χ2n) is 6.18. The number of carbonyl (C=O) groups is 3. The van der Waals surface area contributed by atoms with Crippen molar-refractivity contribution >= 4 is 29.5 Å². The number of amides is 3. The molecule has 0 spiro atoms. The van der Waals surface area contributed by atoms with E-state index in [2.05, 4.69) is 15.7 Å². The number of ether oxygens (including phenoxy) is 1. The van der Waals surface area contributed by atoms with Crippen LogP contribution in [0.3, 0.4) is 0 Å². The van der Waals surface area contributed by atoms with E-state index in [4.69, 9.17) is 20.8 Å². The Morgan fingerprint density at radius 3 is 2.70 bits per heavy atom. The molecule has 3 amide bonds. The van der Waals surface area contributed by atoms with Gasteiger partial charge < -0.3 is 14.5 Å². The summed E-state index contributed by atoms with van der Waals surface area (Å²) in [6.45, 7) is 3.41. The average Bonchev–Trinajstić information content (AvgIpc) is 3.37. The van der Waals surface area contributed by atoms with Crippen LogP contribution >= 0.6 is 11.6 Å². The van der Waals surface area contributed by atoms with Gasteiger partial charge in [0.15, 0.2) is 17.6 Å². The first kappa shape index (κ1) is 21.1. The largest absolute Gasteiger partial charge is 0.463 e. The van der Waals surface area contributed by atoms with E-state index >= 15 is 0 Å². The lowest BCUT2D eigenvalue weighted by atomic mass is 10.2. The third kappa shape index (κ3) is 4.87. The Bertz CT molecular complexity index is 1060. The summed E-state index contributed by atoms with van der Waals surface area (Å²) < 4.78 is 12.1. The van der Waals surface area contributed by atoms with Gasteiger partial charge in [-0.3, -0.25) is 10.1 Å². The Morgan fingerprint density at radius 2 is 2.03 bits per heavy atom. The van der Waals surface area contributed by atoms with Gasteiger partial charge in [0.1, 0.15) is 5.69 Å². The first-order chi connectivity index (χ1) is 14.4. The highest BCUT2D eigenvalue weighted by atomic mass is 35.5. The topological polar surface area (TPSA) is 115 Å². The molecule has 2 aromatic heterocycles. The van der Waals surface area contributed by atoms with E-state index in [0.717, 1.165) is 0 Å². The van der Waals surface area contributed by atoms with Gasteiger partial charge in [0.2, 0.25) is 0 Å². The molecule has 1 aromatic carbocycles. The normalized spacial score (nSPS) is 11.6. The van der Waals surface area contributed by atoms with Gasteiger partial charge in [-0.1, -0.05) is 17.7 Å². The lowest BCUT2D eigenvalue weighted by Crippen LogP contribution is -2.44. The fourth-order valence-corrected chi connectivity index (χ4v) is 2.76. The number of aromatic nitrogens is 2. The van der Waals surface area contributed by atoms with Crippen LogP contribution in [-0.4, -0.2) is 40.3 Å². The summed E-state index contributed by atoms with van der Waals surface area (Å²) in [5.74, 6) is -1.11. The number of benzene rings is 1. The highest BCUT2D eigenvalue weighted by Crippen LogP contribution is 2.26. The Labute approximate surface area is 177 Å². The van der Waals surface area contributed by atoms with E-state index in [1.165, 1.54) is 23.9 Å². The van der Waals surface area contributed by atoms with E-state index in [1.54, 1.807) is 43.3 Å². The van der Waals surface area contributed by atoms with Gasteiger partial charge in [-0.15, -0.1) is 0 Å². The second kappa shape index (κ2) is 9.27. The number of urea groups is 1. The zero-order chi connectivity index (χ0) is 21.7. The molecule has 0 radical (unpaired) electrons. The lowest BCUT2D eigenvalue weighted by molar-refractivity contribution is -0.127. The van der Waals surface area contributed by atoms with Crippen LogP contribution in [0.25, 0.3) is 17.1 Å². The van der Waals surface area contributed by atoms with Gasteiger partial charge in [0, 0.05) is 17.6 Å². The Morgan fingerprint density at radius 1 is 1.23 bits per heavy atom. The number of hydrogen-bond acceptors (Lipinski definition) is 6. The molecule has 2 heterocycles. The van der Waals surface area contributed by atoms with E-state index in [0.29, 0.717) is 28.7 Å². The zero-order valence-corrected chi connectivity index (χ0v) is 17.0. The molecule has 1 atom stereocenters. The van der Waals surface area contributed by atoms with Crippen LogP contribution < -0.4 is 10.6 Å². The quantitative estimate of drug-likeness (QED) is 0.580. The Hall–Kier alpha value is -3.59. The molecule has 0 bridgehead atoms. The molecular formula is C20H19ClN4O5. The molecule has 30 heavy (non-hydrogen) atoms. The van der Waals surface area contributed by atoms with Crippen molar-refractivity contribution in [2.24, 2.45) is 0 Å². The zero-order valence-electron chi connectivity index (χ0n) is 16.2. The van der Waals surface area contributed by atoms with Crippen LogP contribution in [0.15, 0.2) is 53.1 Å². The third-order valence-electron chi connectivity index (χ3n) is 3.97. The number of furan rings is 1. The van der Waals surface area contributed by atoms with Gasteiger partial charge in [-0.05, 0) is 44.2 Å². The summed E-state index contributed by atoms with van der Waals surface area (Å²) in [7, 11) is 0. The van der Waals surface area contributed by atoms with Crippen LogP contribution in [0.5, 0.6) is 0 Å². The molecule has 1 unspecified atom stereocenters. The molecule has 10 heteroatoms. The highest BCUT2D eigenvalue weighted by molar-refractivity contribution is 6.30. The lowest BCUT2D eigenvalue weighted by Gasteiger charge is -2.12. The van der Waals surface area contributed by atoms with Crippen LogP contribution in [0.4, 0.5) is 4.79 Å². The summed E-state index contributed by atoms with van der Waals surface area (Å²) >= 11 is 6.08. The first-order valence-corrected chi connectivity index (χ1v) is 9.46. The maximum absolute atomic E-state index is 12.6.